The number of hydrogen-bond donors (Lipinski definition) is 1. The molecule has 5 heteroatoms. The van der Waals surface area contributed by atoms with Crippen molar-refractivity contribution in [1.82, 2.24) is 10.3 Å². The molecular weight excluding hydrogens is 388 g/mol. The van der Waals surface area contributed by atoms with Gasteiger partial charge in [0.15, 0.2) is 6.04 Å². The Balaban J connectivity index is 1.80. The molecule has 154 valence electrons. The van der Waals surface area contributed by atoms with Gasteiger partial charge >= 0.3 is 5.97 Å². The number of aromatic nitrogens is 1. The molecule has 31 heavy (non-hydrogen) atoms. The third-order valence-electron chi connectivity index (χ3n) is 5.23. The highest BCUT2D eigenvalue weighted by Gasteiger charge is 2.25. The molecule has 0 aliphatic heterocycles. The number of carbonyl (C=O) groups excluding carboxylic acids is 2. The number of carbonyl (C=O) groups is 2. The van der Waals surface area contributed by atoms with Crippen LogP contribution in [0.25, 0.3) is 22.2 Å². The first-order chi connectivity index (χ1) is 15.1. The average Bonchev–Trinajstić information content (AvgIpc) is 2.82. The van der Waals surface area contributed by atoms with Gasteiger partial charge in [-0.3, -0.25) is 4.79 Å². The molecule has 0 aliphatic carbocycles. The predicted octanol–water partition coefficient (Wildman–Crippen LogP) is 4.85. The van der Waals surface area contributed by atoms with E-state index in [0.717, 1.165) is 11.1 Å². The molecule has 1 unspecified atom stereocenters. The van der Waals surface area contributed by atoms with Gasteiger partial charge in [0, 0.05) is 10.9 Å². The number of aryl methyl sites for hydroxylation is 1. The van der Waals surface area contributed by atoms with Crippen molar-refractivity contribution in [1.29, 1.82) is 0 Å². The molecule has 4 aromatic rings. The highest BCUT2D eigenvalue weighted by atomic mass is 16.5. The molecule has 0 aliphatic rings. The number of esters is 1. The molecule has 0 radical (unpaired) electrons. The molecule has 1 atom stereocenters. The summed E-state index contributed by atoms with van der Waals surface area (Å²) in [6.07, 6.45) is 0. The lowest BCUT2D eigenvalue weighted by Gasteiger charge is -2.18. The lowest BCUT2D eigenvalue weighted by Crippen LogP contribution is -2.34. The fourth-order valence-corrected chi connectivity index (χ4v) is 3.61. The Kier molecular flexibility index (Phi) is 5.76. The molecule has 0 spiro atoms. The fourth-order valence-electron chi connectivity index (χ4n) is 3.61. The lowest BCUT2D eigenvalue weighted by atomic mass is 10.00. The van der Waals surface area contributed by atoms with E-state index in [1.54, 1.807) is 18.2 Å². The number of rotatable bonds is 5. The van der Waals surface area contributed by atoms with E-state index in [1.165, 1.54) is 7.11 Å². The number of pyridine rings is 1. The standard InChI is InChI=1S/C26H22N2O3/c1-17-10-6-7-13-19(17)23-16-21(20-14-8-9-15-22(20)27-23)25(29)28-24(26(30)31-2)18-11-4-3-5-12-18/h3-16,24H,1-2H3,(H,28,29). The van der Waals surface area contributed by atoms with Crippen LogP contribution in [0.3, 0.4) is 0 Å². The molecule has 1 heterocycles. The van der Waals surface area contributed by atoms with Gasteiger partial charge in [-0.1, -0.05) is 72.8 Å². The maximum atomic E-state index is 13.4. The van der Waals surface area contributed by atoms with E-state index in [-0.39, 0.29) is 5.91 Å². The zero-order valence-corrected chi connectivity index (χ0v) is 17.3. The van der Waals surface area contributed by atoms with E-state index >= 15 is 0 Å². The Morgan fingerprint density at radius 1 is 0.903 bits per heavy atom. The van der Waals surface area contributed by atoms with E-state index in [2.05, 4.69) is 5.32 Å². The Morgan fingerprint density at radius 3 is 2.32 bits per heavy atom. The summed E-state index contributed by atoms with van der Waals surface area (Å²) in [6.45, 7) is 2.01. The summed E-state index contributed by atoms with van der Waals surface area (Å²) >= 11 is 0. The molecule has 1 N–H and O–H groups in total. The van der Waals surface area contributed by atoms with Gasteiger partial charge in [0.25, 0.3) is 5.91 Å². The van der Waals surface area contributed by atoms with E-state index in [0.29, 0.717) is 27.7 Å². The molecule has 1 aromatic heterocycles. The van der Waals surface area contributed by atoms with Crippen LogP contribution in [0, 0.1) is 6.92 Å². The van der Waals surface area contributed by atoms with Gasteiger partial charge in [0.2, 0.25) is 0 Å². The summed E-state index contributed by atoms with van der Waals surface area (Å²) < 4.78 is 4.93. The second kappa shape index (κ2) is 8.79. The van der Waals surface area contributed by atoms with E-state index in [9.17, 15) is 9.59 Å². The predicted molar refractivity (Wildman–Crippen MR) is 121 cm³/mol. The highest BCUT2D eigenvalue weighted by Crippen LogP contribution is 2.27. The maximum absolute atomic E-state index is 13.4. The van der Waals surface area contributed by atoms with Crippen molar-refractivity contribution < 1.29 is 14.3 Å². The number of hydrogen-bond acceptors (Lipinski definition) is 4. The van der Waals surface area contributed by atoms with Gasteiger partial charge in [0.1, 0.15) is 0 Å². The molecule has 0 fully saturated rings. The van der Waals surface area contributed by atoms with Crippen LogP contribution in [0.15, 0.2) is 84.9 Å². The van der Waals surface area contributed by atoms with Crippen LogP contribution in [0.4, 0.5) is 0 Å². The third-order valence-corrected chi connectivity index (χ3v) is 5.23. The summed E-state index contributed by atoms with van der Waals surface area (Å²) in [5.74, 6) is -0.898. The number of nitrogens with one attached hydrogen (secondary N) is 1. The monoisotopic (exact) mass is 410 g/mol. The average molecular weight is 410 g/mol. The van der Waals surface area contributed by atoms with Crippen LogP contribution < -0.4 is 5.32 Å². The van der Waals surface area contributed by atoms with Crippen molar-refractivity contribution in [3.05, 3.63) is 102 Å². The number of fused-ring (bicyclic) bond motifs is 1. The minimum atomic E-state index is -0.910. The number of ether oxygens (including phenoxy) is 1. The number of para-hydroxylation sites is 1. The second-order valence-corrected chi connectivity index (χ2v) is 7.23. The van der Waals surface area contributed by atoms with Crippen molar-refractivity contribution in [2.75, 3.05) is 7.11 Å². The zero-order chi connectivity index (χ0) is 21.8. The first kappa shape index (κ1) is 20.3. The maximum Gasteiger partial charge on any atom is 0.333 e. The molecular formula is C26H22N2O3. The zero-order valence-electron chi connectivity index (χ0n) is 17.3. The van der Waals surface area contributed by atoms with E-state index in [1.807, 2.05) is 73.7 Å². The number of benzene rings is 3. The van der Waals surface area contributed by atoms with Crippen molar-refractivity contribution in [3.8, 4) is 11.3 Å². The van der Waals surface area contributed by atoms with Gasteiger partial charge in [-0.2, -0.15) is 0 Å². The van der Waals surface area contributed by atoms with Crippen molar-refractivity contribution in [3.63, 3.8) is 0 Å². The van der Waals surface area contributed by atoms with Crippen LogP contribution >= 0.6 is 0 Å². The van der Waals surface area contributed by atoms with Gasteiger partial charge in [-0.25, -0.2) is 9.78 Å². The number of amides is 1. The Morgan fingerprint density at radius 2 is 1.58 bits per heavy atom. The Labute approximate surface area is 180 Å². The summed E-state index contributed by atoms with van der Waals surface area (Å²) in [5.41, 5.74) is 4.54. The van der Waals surface area contributed by atoms with Crippen LogP contribution in [0.5, 0.6) is 0 Å². The Bertz CT molecular complexity index is 1250. The summed E-state index contributed by atoms with van der Waals surface area (Å²) in [6, 6.07) is 25.3. The van der Waals surface area contributed by atoms with Gasteiger partial charge < -0.3 is 10.1 Å². The Hall–Kier alpha value is -3.99. The minimum absolute atomic E-state index is 0.368. The quantitative estimate of drug-likeness (QED) is 0.478. The van der Waals surface area contributed by atoms with E-state index in [4.69, 9.17) is 9.72 Å². The highest BCUT2D eigenvalue weighted by molar-refractivity contribution is 6.08. The molecule has 4 rings (SSSR count). The third kappa shape index (κ3) is 4.16. The molecule has 0 saturated heterocycles. The fraction of sp³-hybridized carbons (Fsp3) is 0.115. The molecule has 1 amide bonds. The van der Waals surface area contributed by atoms with Gasteiger partial charge in [-0.15, -0.1) is 0 Å². The minimum Gasteiger partial charge on any atom is -0.467 e. The van der Waals surface area contributed by atoms with Crippen molar-refractivity contribution in [2.45, 2.75) is 13.0 Å². The summed E-state index contributed by atoms with van der Waals surface area (Å²) in [4.78, 5) is 30.6. The molecule has 5 nitrogen and oxygen atoms in total. The first-order valence-electron chi connectivity index (χ1n) is 9.98. The van der Waals surface area contributed by atoms with E-state index < -0.39 is 12.0 Å². The van der Waals surface area contributed by atoms with Crippen LogP contribution in [0.2, 0.25) is 0 Å². The van der Waals surface area contributed by atoms with Gasteiger partial charge in [0.05, 0.1) is 23.9 Å². The van der Waals surface area contributed by atoms with Crippen molar-refractivity contribution in [2.24, 2.45) is 0 Å². The molecule has 0 bridgehead atoms. The SMILES string of the molecule is COC(=O)C(NC(=O)c1cc(-c2ccccc2C)nc2ccccc12)c1ccccc1. The van der Waals surface area contributed by atoms with Gasteiger partial charge in [-0.05, 0) is 30.2 Å². The molecule has 0 saturated carbocycles. The summed E-state index contributed by atoms with van der Waals surface area (Å²) in [5, 5.41) is 3.56. The smallest absolute Gasteiger partial charge is 0.333 e. The number of nitrogens with zero attached hydrogens (tertiary/aromatic N) is 1. The topological polar surface area (TPSA) is 68.3 Å². The van der Waals surface area contributed by atoms with Crippen LogP contribution in [0.1, 0.15) is 27.5 Å². The lowest BCUT2D eigenvalue weighted by molar-refractivity contribution is -0.143. The van der Waals surface area contributed by atoms with Crippen LogP contribution in [-0.2, 0) is 9.53 Å². The first-order valence-corrected chi connectivity index (χ1v) is 9.98. The molecule has 3 aromatic carbocycles. The normalized spacial score (nSPS) is 11.7. The van der Waals surface area contributed by atoms with Crippen molar-refractivity contribution >= 4 is 22.8 Å². The summed E-state index contributed by atoms with van der Waals surface area (Å²) in [7, 11) is 1.31. The largest absolute Gasteiger partial charge is 0.467 e. The number of methoxy groups -OCH3 is 1. The second-order valence-electron chi connectivity index (χ2n) is 7.23. The van der Waals surface area contributed by atoms with Crippen LogP contribution in [-0.4, -0.2) is 24.0 Å².